The number of nitrogens with two attached hydrogens (primary N) is 1. The fourth-order valence-corrected chi connectivity index (χ4v) is 5.16. The van der Waals surface area contributed by atoms with Gasteiger partial charge in [0.1, 0.15) is 23.2 Å². The highest BCUT2D eigenvalue weighted by atomic mass is 32.2. The van der Waals surface area contributed by atoms with Crippen LogP contribution in [-0.4, -0.2) is 57.2 Å². The number of nitrogens with one attached hydrogen (secondary N) is 1. The number of carboxylic acid groups (broad SMARTS) is 1. The molecule has 3 heterocycles. The zero-order valence-electron chi connectivity index (χ0n) is 14.2. The lowest BCUT2D eigenvalue weighted by atomic mass is 10.0. The summed E-state index contributed by atoms with van der Waals surface area (Å²) >= 11 is 2.74. The van der Waals surface area contributed by atoms with E-state index in [-0.39, 0.29) is 23.8 Å². The molecule has 1 aromatic rings. The van der Waals surface area contributed by atoms with Crippen molar-refractivity contribution in [2.24, 2.45) is 5.73 Å². The number of nitrogens with zero attached hydrogens (tertiary/aromatic N) is 1. The lowest BCUT2D eigenvalue weighted by Crippen LogP contribution is -2.70. The van der Waals surface area contributed by atoms with Crippen LogP contribution in [0.5, 0.6) is 0 Å². The van der Waals surface area contributed by atoms with E-state index in [0.29, 0.717) is 5.57 Å². The van der Waals surface area contributed by atoms with Crippen molar-refractivity contribution in [3.8, 4) is 0 Å². The van der Waals surface area contributed by atoms with Gasteiger partial charge in [0.05, 0.1) is 6.42 Å². The summed E-state index contributed by atoms with van der Waals surface area (Å²) in [5.41, 5.74) is 5.06. The number of amides is 3. The lowest BCUT2D eigenvalue weighted by Gasteiger charge is -2.49. The first-order valence-corrected chi connectivity index (χ1v) is 9.91. The summed E-state index contributed by atoms with van der Waals surface area (Å²) in [4.78, 5) is 49.3. The molecule has 2 aliphatic heterocycles. The molecular weight excluding hydrogens is 394 g/mol. The van der Waals surface area contributed by atoms with Crippen LogP contribution in [0.1, 0.15) is 11.8 Å². The second-order valence-electron chi connectivity index (χ2n) is 5.97. The van der Waals surface area contributed by atoms with Crippen molar-refractivity contribution < 1.29 is 29.0 Å². The van der Waals surface area contributed by atoms with Crippen LogP contribution in [0.15, 0.2) is 28.8 Å². The first-order valence-electron chi connectivity index (χ1n) is 7.98. The van der Waals surface area contributed by atoms with Gasteiger partial charge >= 0.3 is 12.1 Å². The molecule has 3 amide bonds. The van der Waals surface area contributed by atoms with Crippen LogP contribution in [0, 0.1) is 0 Å². The minimum absolute atomic E-state index is 0.162. The van der Waals surface area contributed by atoms with Crippen LogP contribution in [0.3, 0.4) is 0 Å². The summed E-state index contributed by atoms with van der Waals surface area (Å²) in [5.74, 6) is -1.87. The quantitative estimate of drug-likeness (QED) is 0.580. The monoisotopic (exact) mass is 411 g/mol. The molecule has 11 heteroatoms. The standard InChI is InChI=1S/C16H17N3O6S2/c1-7(25-16(17)24)9-6-27-14-11(13(21)19(14)12(9)15(22)23)18-10(20)5-8-3-2-4-26-8/h2-4,7,11,14H,5-6H2,1H3,(H2,17,24)(H,18,20)(H,22,23)/t7?,11?,14-/m1/s1. The van der Waals surface area contributed by atoms with Gasteiger partial charge in [0.25, 0.3) is 5.91 Å². The Labute approximate surface area is 162 Å². The zero-order valence-corrected chi connectivity index (χ0v) is 15.8. The van der Waals surface area contributed by atoms with Gasteiger partial charge in [0.2, 0.25) is 5.91 Å². The number of thioether (sulfide) groups is 1. The molecule has 144 valence electrons. The van der Waals surface area contributed by atoms with Crippen molar-refractivity contribution in [1.82, 2.24) is 10.2 Å². The summed E-state index contributed by atoms with van der Waals surface area (Å²) in [7, 11) is 0. The molecular formula is C16H17N3O6S2. The molecule has 0 bridgehead atoms. The number of rotatable bonds is 6. The Morgan fingerprint density at radius 2 is 2.22 bits per heavy atom. The number of hydrogen-bond acceptors (Lipinski definition) is 7. The second kappa shape index (κ2) is 7.61. The number of hydrogen-bond donors (Lipinski definition) is 3. The van der Waals surface area contributed by atoms with Crippen LogP contribution in [0.2, 0.25) is 0 Å². The van der Waals surface area contributed by atoms with E-state index in [2.05, 4.69) is 5.32 Å². The van der Waals surface area contributed by atoms with Crippen molar-refractivity contribution >= 4 is 47.0 Å². The Balaban J connectivity index is 1.74. The minimum Gasteiger partial charge on any atom is -0.477 e. The molecule has 1 fully saturated rings. The predicted octanol–water partition coefficient (Wildman–Crippen LogP) is 0.513. The Kier molecular flexibility index (Phi) is 5.42. The average Bonchev–Trinajstić information content (AvgIpc) is 3.10. The van der Waals surface area contributed by atoms with Crippen molar-refractivity contribution in [3.63, 3.8) is 0 Å². The Morgan fingerprint density at radius 1 is 1.48 bits per heavy atom. The predicted molar refractivity (Wildman–Crippen MR) is 97.8 cm³/mol. The highest BCUT2D eigenvalue weighted by molar-refractivity contribution is 8.00. The highest BCUT2D eigenvalue weighted by Crippen LogP contribution is 2.41. The largest absolute Gasteiger partial charge is 0.477 e. The second-order valence-corrected chi connectivity index (χ2v) is 8.11. The molecule has 0 radical (unpaired) electrons. The van der Waals surface area contributed by atoms with Gasteiger partial charge in [-0.3, -0.25) is 14.5 Å². The fourth-order valence-electron chi connectivity index (χ4n) is 3.00. The van der Waals surface area contributed by atoms with E-state index in [1.54, 1.807) is 0 Å². The third kappa shape index (κ3) is 3.78. The molecule has 4 N–H and O–H groups in total. The molecule has 0 aliphatic carbocycles. The van der Waals surface area contributed by atoms with E-state index >= 15 is 0 Å². The third-order valence-electron chi connectivity index (χ3n) is 4.22. The maximum absolute atomic E-state index is 12.5. The molecule has 2 aliphatic rings. The summed E-state index contributed by atoms with van der Waals surface area (Å²) in [6.45, 7) is 1.49. The summed E-state index contributed by atoms with van der Waals surface area (Å²) in [6.07, 6.45) is -1.74. The number of carbonyl (C=O) groups excluding carboxylic acids is 3. The van der Waals surface area contributed by atoms with E-state index in [1.807, 2.05) is 17.5 Å². The summed E-state index contributed by atoms with van der Waals surface area (Å²) in [6, 6.07) is 2.87. The van der Waals surface area contributed by atoms with Gasteiger partial charge in [-0.2, -0.15) is 0 Å². The summed E-state index contributed by atoms with van der Waals surface area (Å²) < 4.78 is 4.86. The Bertz CT molecular complexity index is 822. The maximum Gasteiger partial charge on any atom is 0.405 e. The minimum atomic E-state index is -1.30. The topological polar surface area (TPSA) is 139 Å². The molecule has 0 saturated carbocycles. The molecule has 0 spiro atoms. The van der Waals surface area contributed by atoms with Gasteiger partial charge in [-0.15, -0.1) is 23.1 Å². The lowest BCUT2D eigenvalue weighted by molar-refractivity contribution is -0.150. The number of fused-ring (bicyclic) bond motifs is 1. The first-order chi connectivity index (χ1) is 12.8. The number of ether oxygens (including phenoxy) is 1. The molecule has 3 atom stereocenters. The molecule has 0 aromatic carbocycles. The van der Waals surface area contributed by atoms with Gasteiger partial charge < -0.3 is 20.9 Å². The third-order valence-corrected chi connectivity index (χ3v) is 6.39. The first kappa shape index (κ1) is 19.2. The smallest absolute Gasteiger partial charge is 0.405 e. The summed E-state index contributed by atoms with van der Waals surface area (Å²) in [5, 5.41) is 13.6. The van der Waals surface area contributed by atoms with Crippen LogP contribution in [-0.2, 0) is 25.5 Å². The number of carboxylic acids is 1. The maximum atomic E-state index is 12.5. The van der Waals surface area contributed by atoms with E-state index in [0.717, 1.165) is 9.78 Å². The van der Waals surface area contributed by atoms with E-state index in [1.165, 1.54) is 30.0 Å². The number of carbonyl (C=O) groups is 4. The van der Waals surface area contributed by atoms with Crippen LogP contribution in [0.25, 0.3) is 0 Å². The van der Waals surface area contributed by atoms with Crippen LogP contribution in [0.4, 0.5) is 4.79 Å². The van der Waals surface area contributed by atoms with Crippen LogP contribution >= 0.6 is 23.1 Å². The van der Waals surface area contributed by atoms with Gasteiger partial charge in [0, 0.05) is 16.2 Å². The molecule has 9 nitrogen and oxygen atoms in total. The number of aliphatic carboxylic acids is 1. The molecule has 1 saturated heterocycles. The number of primary amides is 1. The van der Waals surface area contributed by atoms with Crippen molar-refractivity contribution in [1.29, 1.82) is 0 Å². The SMILES string of the molecule is CC(OC(N)=O)C1=C(C(=O)O)N2C(=O)C(NC(=O)Cc3cccs3)[C@H]2SC1. The molecule has 1 aromatic heterocycles. The average molecular weight is 411 g/mol. The molecule has 3 rings (SSSR count). The van der Waals surface area contributed by atoms with Crippen molar-refractivity contribution in [2.75, 3.05) is 5.75 Å². The van der Waals surface area contributed by atoms with E-state index < -0.39 is 35.5 Å². The van der Waals surface area contributed by atoms with Crippen molar-refractivity contribution in [2.45, 2.75) is 30.9 Å². The van der Waals surface area contributed by atoms with Crippen molar-refractivity contribution in [3.05, 3.63) is 33.7 Å². The van der Waals surface area contributed by atoms with E-state index in [9.17, 15) is 24.3 Å². The van der Waals surface area contributed by atoms with Crippen LogP contribution < -0.4 is 11.1 Å². The number of thiophene rings is 1. The van der Waals surface area contributed by atoms with Gasteiger partial charge in [-0.05, 0) is 18.4 Å². The molecule has 2 unspecified atom stereocenters. The number of β-lactam (4-membered cyclic amide) rings is 1. The Morgan fingerprint density at radius 3 is 2.81 bits per heavy atom. The van der Waals surface area contributed by atoms with Gasteiger partial charge in [-0.25, -0.2) is 9.59 Å². The van der Waals surface area contributed by atoms with Gasteiger partial charge in [-0.1, -0.05) is 6.07 Å². The normalized spacial score (nSPS) is 22.6. The fraction of sp³-hybridized carbons (Fsp3) is 0.375. The molecule has 27 heavy (non-hydrogen) atoms. The zero-order chi connectivity index (χ0) is 19.7. The highest BCUT2D eigenvalue weighted by Gasteiger charge is 2.54. The Hall–Kier alpha value is -2.53. The van der Waals surface area contributed by atoms with E-state index in [4.69, 9.17) is 10.5 Å². The van der Waals surface area contributed by atoms with Gasteiger partial charge in [0.15, 0.2) is 0 Å².